The summed E-state index contributed by atoms with van der Waals surface area (Å²) in [5.74, 6) is 0.372. The van der Waals surface area contributed by atoms with Crippen LogP contribution in [0.1, 0.15) is 60.2 Å². The van der Waals surface area contributed by atoms with E-state index in [1.807, 2.05) is 31.2 Å². The molecule has 0 bridgehead atoms. The quantitative estimate of drug-likeness (QED) is 0.525. The van der Waals surface area contributed by atoms with E-state index in [9.17, 15) is 4.79 Å². The third-order valence-electron chi connectivity index (χ3n) is 5.30. The molecule has 0 aliphatic heterocycles. The summed E-state index contributed by atoms with van der Waals surface area (Å²) in [5, 5.41) is 6.23. The van der Waals surface area contributed by atoms with Gasteiger partial charge in [0.25, 0.3) is 5.91 Å². The number of carbonyl (C=O) groups excluding carboxylic acids is 1. The minimum Gasteiger partial charge on any atom is -0.370 e. The Morgan fingerprint density at radius 2 is 1.89 bits per heavy atom. The molecule has 2 aromatic carbocycles. The van der Waals surface area contributed by atoms with Gasteiger partial charge in [0.1, 0.15) is 0 Å². The number of nitrogens with two attached hydrogens (primary N) is 1. The Morgan fingerprint density at radius 3 is 2.64 bits per heavy atom. The number of rotatable bonds is 6. The van der Waals surface area contributed by atoms with Crippen molar-refractivity contribution in [1.29, 1.82) is 0 Å². The number of aryl methyl sites for hydroxylation is 1. The molecule has 4 N–H and O–H groups in total. The van der Waals surface area contributed by atoms with Gasteiger partial charge in [-0.2, -0.15) is 0 Å². The Labute approximate surface area is 167 Å². The van der Waals surface area contributed by atoms with Crippen LogP contribution in [0.15, 0.2) is 47.5 Å². The first kappa shape index (κ1) is 19.9. The summed E-state index contributed by atoms with van der Waals surface area (Å²) in [5.41, 5.74) is 11.6. The van der Waals surface area contributed by atoms with E-state index in [0.29, 0.717) is 18.1 Å². The predicted octanol–water partition coefficient (Wildman–Crippen LogP) is 4.02. The van der Waals surface area contributed by atoms with Crippen LogP contribution >= 0.6 is 0 Å². The summed E-state index contributed by atoms with van der Waals surface area (Å²) in [7, 11) is 0. The van der Waals surface area contributed by atoms with Gasteiger partial charge >= 0.3 is 0 Å². The smallest absolute Gasteiger partial charge is 0.251 e. The van der Waals surface area contributed by atoms with Crippen LogP contribution < -0.4 is 16.4 Å². The summed E-state index contributed by atoms with van der Waals surface area (Å²) in [6, 6.07) is 14.0. The van der Waals surface area contributed by atoms with Crippen molar-refractivity contribution in [2.24, 2.45) is 10.7 Å². The number of anilines is 1. The molecule has 1 amide bonds. The summed E-state index contributed by atoms with van der Waals surface area (Å²) in [6.45, 7) is 4.53. The lowest BCUT2D eigenvalue weighted by Gasteiger charge is -2.19. The van der Waals surface area contributed by atoms with E-state index >= 15 is 0 Å². The molecule has 1 aliphatic rings. The van der Waals surface area contributed by atoms with E-state index in [1.165, 1.54) is 24.0 Å². The maximum absolute atomic E-state index is 12.1. The zero-order valence-corrected chi connectivity index (χ0v) is 16.8. The van der Waals surface area contributed by atoms with Crippen molar-refractivity contribution in [1.82, 2.24) is 5.32 Å². The van der Waals surface area contributed by atoms with Crippen LogP contribution in [0.25, 0.3) is 0 Å². The Kier molecular flexibility index (Phi) is 6.69. The standard InChI is InChI=1S/C23H30N4O/c1-3-16(2)26-22(28)19-13-11-17(12-14-19)15-25-23(24)27-21-10-6-8-18-7-4-5-9-20(18)21/h6,8,10-14,16H,3-5,7,9,15H2,1-2H3,(H,26,28)(H3,24,25,27). The molecule has 28 heavy (non-hydrogen) atoms. The highest BCUT2D eigenvalue weighted by Gasteiger charge is 2.13. The van der Waals surface area contributed by atoms with Gasteiger partial charge in [0.2, 0.25) is 0 Å². The molecule has 2 aromatic rings. The maximum Gasteiger partial charge on any atom is 0.251 e. The number of amides is 1. The molecule has 0 saturated heterocycles. The van der Waals surface area contributed by atoms with Crippen LogP contribution in [0.2, 0.25) is 0 Å². The van der Waals surface area contributed by atoms with Crippen molar-refractivity contribution in [2.75, 3.05) is 5.32 Å². The molecule has 148 valence electrons. The number of nitrogens with zero attached hydrogens (tertiary/aromatic N) is 1. The largest absolute Gasteiger partial charge is 0.370 e. The zero-order valence-electron chi connectivity index (χ0n) is 16.8. The molecular weight excluding hydrogens is 348 g/mol. The molecule has 1 atom stereocenters. The van der Waals surface area contributed by atoms with E-state index < -0.39 is 0 Å². The van der Waals surface area contributed by atoms with Gasteiger partial charge in [-0.3, -0.25) is 4.79 Å². The van der Waals surface area contributed by atoms with Crippen molar-refractivity contribution in [2.45, 2.75) is 58.5 Å². The highest BCUT2D eigenvalue weighted by Crippen LogP contribution is 2.27. The molecule has 5 nitrogen and oxygen atoms in total. The summed E-state index contributed by atoms with van der Waals surface area (Å²) in [4.78, 5) is 16.6. The third kappa shape index (κ3) is 5.12. The summed E-state index contributed by atoms with van der Waals surface area (Å²) < 4.78 is 0. The molecule has 1 aliphatic carbocycles. The number of benzene rings is 2. The minimum atomic E-state index is -0.0422. The molecule has 0 aromatic heterocycles. The van der Waals surface area contributed by atoms with Gasteiger partial charge in [-0.05, 0) is 73.9 Å². The van der Waals surface area contributed by atoms with Crippen molar-refractivity contribution in [3.8, 4) is 0 Å². The van der Waals surface area contributed by atoms with Crippen LogP contribution in [0.4, 0.5) is 5.69 Å². The van der Waals surface area contributed by atoms with E-state index in [1.54, 1.807) is 0 Å². The fraction of sp³-hybridized carbons (Fsp3) is 0.391. The van der Waals surface area contributed by atoms with Crippen molar-refractivity contribution >= 4 is 17.6 Å². The molecule has 5 heteroatoms. The first-order valence-corrected chi connectivity index (χ1v) is 10.1. The van der Waals surface area contributed by atoms with Gasteiger partial charge in [0.15, 0.2) is 5.96 Å². The summed E-state index contributed by atoms with van der Waals surface area (Å²) in [6.07, 6.45) is 5.62. The number of guanidine groups is 1. The molecule has 0 saturated carbocycles. The molecule has 0 heterocycles. The lowest BCUT2D eigenvalue weighted by molar-refractivity contribution is 0.0939. The van der Waals surface area contributed by atoms with Gasteiger partial charge < -0.3 is 16.4 Å². The number of hydrogen-bond acceptors (Lipinski definition) is 2. The van der Waals surface area contributed by atoms with E-state index in [0.717, 1.165) is 30.5 Å². The molecule has 1 unspecified atom stereocenters. The molecule has 3 rings (SSSR count). The maximum atomic E-state index is 12.1. The zero-order chi connectivity index (χ0) is 19.9. The highest BCUT2D eigenvalue weighted by molar-refractivity contribution is 5.94. The fourth-order valence-electron chi connectivity index (χ4n) is 3.42. The van der Waals surface area contributed by atoms with Crippen molar-refractivity contribution < 1.29 is 4.79 Å². The second-order valence-electron chi connectivity index (χ2n) is 7.46. The summed E-state index contributed by atoms with van der Waals surface area (Å²) >= 11 is 0. The molecule has 0 radical (unpaired) electrons. The lowest BCUT2D eigenvalue weighted by Crippen LogP contribution is -2.31. The minimum absolute atomic E-state index is 0.0422. The van der Waals surface area contributed by atoms with Crippen LogP contribution in [-0.4, -0.2) is 17.9 Å². The number of fused-ring (bicyclic) bond motifs is 1. The molecular formula is C23H30N4O. The monoisotopic (exact) mass is 378 g/mol. The Bertz CT molecular complexity index is 842. The number of hydrogen-bond donors (Lipinski definition) is 3. The van der Waals surface area contributed by atoms with Crippen molar-refractivity contribution in [3.63, 3.8) is 0 Å². The topological polar surface area (TPSA) is 79.5 Å². The average molecular weight is 379 g/mol. The van der Waals surface area contributed by atoms with E-state index in [4.69, 9.17) is 5.73 Å². The second-order valence-corrected chi connectivity index (χ2v) is 7.46. The SMILES string of the molecule is CCC(C)NC(=O)c1ccc(CN=C(N)Nc2cccc3c2CCCC3)cc1. The van der Waals surface area contributed by atoms with Crippen LogP contribution in [-0.2, 0) is 19.4 Å². The lowest BCUT2D eigenvalue weighted by atomic mass is 9.90. The first-order valence-electron chi connectivity index (χ1n) is 10.1. The number of carbonyl (C=O) groups is 1. The van der Waals surface area contributed by atoms with Crippen LogP contribution in [0, 0.1) is 0 Å². The molecule has 0 spiro atoms. The van der Waals surface area contributed by atoms with Gasteiger partial charge in [-0.15, -0.1) is 0 Å². The average Bonchev–Trinajstić information content (AvgIpc) is 2.72. The van der Waals surface area contributed by atoms with Gasteiger partial charge in [0, 0.05) is 17.3 Å². The number of nitrogens with one attached hydrogen (secondary N) is 2. The normalized spacial score (nSPS) is 14.9. The second kappa shape index (κ2) is 9.40. The predicted molar refractivity (Wildman–Crippen MR) is 116 cm³/mol. The van der Waals surface area contributed by atoms with Crippen LogP contribution in [0.3, 0.4) is 0 Å². The number of aliphatic imine (C=N–C) groups is 1. The van der Waals surface area contributed by atoms with Gasteiger partial charge in [-0.25, -0.2) is 4.99 Å². The molecule has 0 fully saturated rings. The Morgan fingerprint density at radius 1 is 1.14 bits per heavy atom. The fourth-order valence-corrected chi connectivity index (χ4v) is 3.42. The van der Waals surface area contributed by atoms with Gasteiger partial charge in [-0.1, -0.05) is 31.2 Å². The first-order chi connectivity index (χ1) is 13.6. The van der Waals surface area contributed by atoms with Crippen molar-refractivity contribution in [3.05, 3.63) is 64.7 Å². The Balaban J connectivity index is 1.60. The van der Waals surface area contributed by atoms with E-state index in [2.05, 4.69) is 40.7 Å². The van der Waals surface area contributed by atoms with Gasteiger partial charge in [0.05, 0.1) is 6.54 Å². The third-order valence-corrected chi connectivity index (χ3v) is 5.30. The van der Waals surface area contributed by atoms with Crippen LogP contribution in [0.5, 0.6) is 0 Å². The Hall–Kier alpha value is -2.82. The van der Waals surface area contributed by atoms with E-state index in [-0.39, 0.29) is 11.9 Å². The highest BCUT2D eigenvalue weighted by atomic mass is 16.1.